The van der Waals surface area contributed by atoms with Gasteiger partial charge in [-0.05, 0) is 29.8 Å². The molecular weight excluding hydrogens is 334 g/mol. The molecule has 132 valence electrons. The van der Waals surface area contributed by atoms with Crippen molar-refractivity contribution >= 4 is 29.0 Å². The number of nitrogen functional groups attached to an aromatic ring is 2. The van der Waals surface area contributed by atoms with Gasteiger partial charge in [0.05, 0.1) is 5.56 Å². The maximum atomic E-state index is 6.29. The van der Waals surface area contributed by atoms with Crippen LogP contribution < -0.4 is 16.4 Å². The maximum Gasteiger partial charge on any atom is 0.238 e. The quantitative estimate of drug-likeness (QED) is 0.552. The topological polar surface area (TPSA) is 81.1 Å². The molecule has 0 fully saturated rings. The minimum Gasteiger partial charge on any atom is -0.383 e. The Kier molecular flexibility index (Phi) is 4.41. The summed E-state index contributed by atoms with van der Waals surface area (Å²) in [6, 6.07) is 29.5. The third-order valence-corrected chi connectivity index (χ3v) is 4.24. The monoisotopic (exact) mass is 353 g/mol. The number of benzene rings is 3. The molecular formula is C22H19N5. The van der Waals surface area contributed by atoms with E-state index in [1.54, 1.807) is 0 Å². The van der Waals surface area contributed by atoms with Crippen LogP contribution in [-0.4, -0.2) is 9.97 Å². The largest absolute Gasteiger partial charge is 0.383 e. The fourth-order valence-electron chi connectivity index (χ4n) is 3.02. The van der Waals surface area contributed by atoms with E-state index in [-0.39, 0.29) is 0 Å². The van der Waals surface area contributed by atoms with E-state index >= 15 is 0 Å². The van der Waals surface area contributed by atoms with Gasteiger partial charge in [-0.2, -0.15) is 9.97 Å². The third kappa shape index (κ3) is 3.30. The van der Waals surface area contributed by atoms with Gasteiger partial charge in [0.15, 0.2) is 0 Å². The molecule has 0 bridgehead atoms. The van der Waals surface area contributed by atoms with Crippen LogP contribution in [0, 0.1) is 0 Å². The predicted molar refractivity (Wildman–Crippen MR) is 111 cm³/mol. The molecule has 4 aromatic rings. The molecule has 0 amide bonds. The van der Waals surface area contributed by atoms with Crippen LogP contribution in [0.25, 0.3) is 11.1 Å². The Balaban J connectivity index is 1.87. The van der Waals surface area contributed by atoms with E-state index in [1.807, 2.05) is 95.9 Å². The van der Waals surface area contributed by atoms with Gasteiger partial charge in [-0.3, -0.25) is 4.90 Å². The number of aromatic nitrogens is 2. The van der Waals surface area contributed by atoms with Gasteiger partial charge >= 0.3 is 0 Å². The molecule has 5 nitrogen and oxygen atoms in total. The molecule has 0 spiro atoms. The summed E-state index contributed by atoms with van der Waals surface area (Å²) in [5.74, 6) is 1.13. The van der Waals surface area contributed by atoms with Crippen molar-refractivity contribution in [2.75, 3.05) is 16.4 Å². The van der Waals surface area contributed by atoms with Gasteiger partial charge in [0, 0.05) is 11.4 Å². The van der Waals surface area contributed by atoms with Crippen LogP contribution in [0.1, 0.15) is 0 Å². The Morgan fingerprint density at radius 3 is 1.41 bits per heavy atom. The highest BCUT2D eigenvalue weighted by Crippen LogP contribution is 2.36. The van der Waals surface area contributed by atoms with Crippen LogP contribution in [0.2, 0.25) is 0 Å². The van der Waals surface area contributed by atoms with E-state index < -0.39 is 0 Å². The number of nitrogens with two attached hydrogens (primary N) is 2. The van der Waals surface area contributed by atoms with Gasteiger partial charge in [-0.1, -0.05) is 66.7 Å². The Morgan fingerprint density at radius 1 is 0.556 bits per heavy atom. The average Bonchev–Trinajstić information content (AvgIpc) is 2.70. The first kappa shape index (κ1) is 16.6. The van der Waals surface area contributed by atoms with Gasteiger partial charge in [0.1, 0.15) is 11.6 Å². The lowest BCUT2D eigenvalue weighted by Crippen LogP contribution is -2.16. The fraction of sp³-hybridized carbons (Fsp3) is 0. The zero-order valence-corrected chi connectivity index (χ0v) is 14.7. The average molecular weight is 353 g/mol. The molecule has 0 unspecified atom stereocenters. The molecule has 5 heteroatoms. The van der Waals surface area contributed by atoms with Crippen LogP contribution in [0.5, 0.6) is 0 Å². The zero-order valence-electron chi connectivity index (χ0n) is 14.7. The normalized spacial score (nSPS) is 10.5. The first-order valence-corrected chi connectivity index (χ1v) is 8.62. The van der Waals surface area contributed by atoms with Gasteiger partial charge in [0.25, 0.3) is 0 Å². The molecule has 3 aromatic carbocycles. The van der Waals surface area contributed by atoms with Crippen molar-refractivity contribution in [3.63, 3.8) is 0 Å². The second kappa shape index (κ2) is 7.17. The maximum absolute atomic E-state index is 6.29. The Bertz CT molecular complexity index is 972. The predicted octanol–water partition coefficient (Wildman–Crippen LogP) is 4.78. The lowest BCUT2D eigenvalue weighted by molar-refractivity contribution is 1.09. The van der Waals surface area contributed by atoms with E-state index in [4.69, 9.17) is 11.5 Å². The van der Waals surface area contributed by atoms with Crippen molar-refractivity contribution in [3.05, 3.63) is 91.0 Å². The van der Waals surface area contributed by atoms with Crippen molar-refractivity contribution in [1.29, 1.82) is 0 Å². The van der Waals surface area contributed by atoms with E-state index in [0.717, 1.165) is 16.9 Å². The smallest absolute Gasteiger partial charge is 0.238 e. The molecule has 0 saturated heterocycles. The number of hydrogen-bond acceptors (Lipinski definition) is 5. The summed E-state index contributed by atoms with van der Waals surface area (Å²) in [6.45, 7) is 0. The first-order valence-electron chi connectivity index (χ1n) is 8.62. The fourth-order valence-corrected chi connectivity index (χ4v) is 3.02. The Labute approximate surface area is 157 Å². The summed E-state index contributed by atoms with van der Waals surface area (Å²) >= 11 is 0. The van der Waals surface area contributed by atoms with Gasteiger partial charge in [-0.15, -0.1) is 0 Å². The molecule has 4 rings (SSSR count). The van der Waals surface area contributed by atoms with Gasteiger partial charge in [-0.25, -0.2) is 0 Å². The first-order chi connectivity index (χ1) is 13.2. The molecule has 0 radical (unpaired) electrons. The highest BCUT2D eigenvalue weighted by Gasteiger charge is 2.19. The van der Waals surface area contributed by atoms with E-state index in [0.29, 0.717) is 23.1 Å². The highest BCUT2D eigenvalue weighted by atomic mass is 15.3. The van der Waals surface area contributed by atoms with E-state index in [2.05, 4.69) is 9.97 Å². The number of rotatable bonds is 4. The molecule has 27 heavy (non-hydrogen) atoms. The van der Waals surface area contributed by atoms with Crippen LogP contribution in [-0.2, 0) is 0 Å². The van der Waals surface area contributed by atoms with Crippen molar-refractivity contribution in [2.45, 2.75) is 0 Å². The molecule has 1 heterocycles. The van der Waals surface area contributed by atoms with Crippen molar-refractivity contribution in [3.8, 4) is 11.1 Å². The van der Waals surface area contributed by atoms with E-state index in [1.165, 1.54) is 0 Å². The van der Waals surface area contributed by atoms with Crippen molar-refractivity contribution < 1.29 is 0 Å². The summed E-state index contributed by atoms with van der Waals surface area (Å²) in [4.78, 5) is 11.1. The molecule has 0 aliphatic heterocycles. The molecule has 0 saturated carbocycles. The van der Waals surface area contributed by atoms with Crippen LogP contribution in [0.3, 0.4) is 0 Å². The number of para-hydroxylation sites is 2. The molecule has 0 aliphatic carbocycles. The van der Waals surface area contributed by atoms with Crippen LogP contribution in [0.4, 0.5) is 29.0 Å². The summed E-state index contributed by atoms with van der Waals surface area (Å²) in [5.41, 5.74) is 16.0. The second-order valence-electron chi connectivity index (χ2n) is 6.04. The molecule has 4 N–H and O–H groups in total. The molecule has 0 atom stereocenters. The van der Waals surface area contributed by atoms with Crippen LogP contribution >= 0.6 is 0 Å². The lowest BCUT2D eigenvalue weighted by atomic mass is 10.1. The lowest BCUT2D eigenvalue weighted by Gasteiger charge is -2.24. The summed E-state index contributed by atoms with van der Waals surface area (Å²) in [7, 11) is 0. The summed E-state index contributed by atoms with van der Waals surface area (Å²) in [5, 5.41) is 0. The zero-order chi connectivity index (χ0) is 18.6. The highest BCUT2D eigenvalue weighted by molar-refractivity contribution is 5.85. The Hall–Kier alpha value is -3.86. The minimum absolute atomic E-state index is 0.348. The van der Waals surface area contributed by atoms with Crippen molar-refractivity contribution in [1.82, 2.24) is 9.97 Å². The Morgan fingerprint density at radius 2 is 0.963 bits per heavy atom. The third-order valence-electron chi connectivity index (χ3n) is 4.24. The molecule has 1 aromatic heterocycles. The molecule has 0 aliphatic rings. The summed E-state index contributed by atoms with van der Waals surface area (Å²) in [6.07, 6.45) is 0. The SMILES string of the molecule is Nc1nc(N(c2ccccc2)c2ccccc2)nc(N)c1-c1ccccc1. The second-order valence-corrected chi connectivity index (χ2v) is 6.04. The van der Waals surface area contributed by atoms with E-state index in [9.17, 15) is 0 Å². The van der Waals surface area contributed by atoms with Crippen molar-refractivity contribution in [2.24, 2.45) is 0 Å². The van der Waals surface area contributed by atoms with Crippen LogP contribution in [0.15, 0.2) is 91.0 Å². The number of anilines is 5. The minimum atomic E-state index is 0.348. The number of nitrogens with zero attached hydrogens (tertiary/aromatic N) is 3. The summed E-state index contributed by atoms with van der Waals surface area (Å²) < 4.78 is 0. The standard InChI is InChI=1S/C22H19N5/c23-20-19(16-10-4-1-5-11-16)21(24)26-22(25-20)27(17-12-6-2-7-13-17)18-14-8-3-9-15-18/h1-15H,(H4,23,24,25,26). The van der Waals surface area contributed by atoms with Gasteiger partial charge in [0.2, 0.25) is 5.95 Å². The number of hydrogen-bond donors (Lipinski definition) is 2. The van der Waals surface area contributed by atoms with Gasteiger partial charge < -0.3 is 11.5 Å².